The number of fused-ring (bicyclic) bond motifs is 1. The van der Waals surface area contributed by atoms with Gasteiger partial charge in [-0.2, -0.15) is 0 Å². The number of hydrogen-bond acceptors (Lipinski definition) is 6. The molecule has 170 valence electrons. The summed E-state index contributed by atoms with van der Waals surface area (Å²) in [5.41, 5.74) is 2.22. The van der Waals surface area contributed by atoms with Crippen LogP contribution in [0.15, 0.2) is 54.6 Å². The van der Waals surface area contributed by atoms with Crippen LogP contribution in [0.1, 0.15) is 53.3 Å². The zero-order valence-electron chi connectivity index (χ0n) is 18.7. The van der Waals surface area contributed by atoms with Crippen molar-refractivity contribution >= 4 is 40.1 Å². The highest BCUT2D eigenvalue weighted by molar-refractivity contribution is 6.02. The number of para-hydroxylation sites is 1. The number of rotatable bonds is 8. The summed E-state index contributed by atoms with van der Waals surface area (Å²) in [5, 5.41) is 3.63. The summed E-state index contributed by atoms with van der Waals surface area (Å²) in [7, 11) is 0. The minimum absolute atomic E-state index is 0.0664. The van der Waals surface area contributed by atoms with Gasteiger partial charge in [0.05, 0.1) is 5.52 Å². The second-order valence-corrected chi connectivity index (χ2v) is 8.12. The molecular weight excluding hydrogens is 418 g/mol. The fourth-order valence-electron chi connectivity index (χ4n) is 3.91. The normalized spacial score (nSPS) is 13.2. The van der Waals surface area contributed by atoms with Gasteiger partial charge < -0.3 is 15.0 Å². The van der Waals surface area contributed by atoms with Crippen molar-refractivity contribution in [2.24, 2.45) is 0 Å². The van der Waals surface area contributed by atoms with Crippen molar-refractivity contribution in [2.45, 2.75) is 32.6 Å². The second-order valence-electron chi connectivity index (χ2n) is 8.12. The summed E-state index contributed by atoms with van der Waals surface area (Å²) < 4.78 is 5.40. The van der Waals surface area contributed by atoms with Crippen LogP contribution in [-0.4, -0.2) is 42.3 Å². The number of benzene rings is 2. The van der Waals surface area contributed by atoms with E-state index in [9.17, 15) is 14.4 Å². The third kappa shape index (κ3) is 5.37. The topological polar surface area (TPSA) is 88.6 Å². The van der Waals surface area contributed by atoms with Crippen LogP contribution in [0.2, 0.25) is 0 Å². The van der Waals surface area contributed by atoms with Crippen molar-refractivity contribution in [3.8, 4) is 0 Å². The average molecular weight is 446 g/mol. The largest absolute Gasteiger partial charge is 0.454 e. The molecule has 1 fully saturated rings. The Hall–Kier alpha value is -3.74. The van der Waals surface area contributed by atoms with E-state index in [1.54, 1.807) is 30.3 Å². The highest BCUT2D eigenvalue weighted by Crippen LogP contribution is 2.27. The van der Waals surface area contributed by atoms with Gasteiger partial charge in [0.25, 0.3) is 0 Å². The van der Waals surface area contributed by atoms with Gasteiger partial charge in [-0.25, -0.2) is 9.78 Å². The molecule has 0 bridgehead atoms. The van der Waals surface area contributed by atoms with Gasteiger partial charge in [-0.1, -0.05) is 25.1 Å². The Bertz CT molecular complexity index is 1170. The maximum Gasteiger partial charge on any atom is 0.342 e. The number of hydrogen-bond donors (Lipinski definition) is 1. The van der Waals surface area contributed by atoms with Crippen LogP contribution in [0, 0.1) is 0 Å². The molecule has 0 radical (unpaired) electrons. The zero-order valence-corrected chi connectivity index (χ0v) is 18.7. The first-order chi connectivity index (χ1) is 16.0. The molecule has 0 saturated carbocycles. The lowest BCUT2D eigenvalue weighted by molar-refractivity contribution is -0.116. The lowest BCUT2D eigenvalue weighted by atomic mass is 10.1. The highest BCUT2D eigenvalue weighted by atomic mass is 16.5. The van der Waals surface area contributed by atoms with E-state index in [1.165, 1.54) is 0 Å². The number of nitrogens with one attached hydrogen (secondary N) is 1. The smallest absolute Gasteiger partial charge is 0.342 e. The van der Waals surface area contributed by atoms with Crippen LogP contribution in [0.3, 0.4) is 0 Å². The maximum atomic E-state index is 13.0. The molecule has 3 aromatic rings. The molecule has 1 N–H and O–H groups in total. The van der Waals surface area contributed by atoms with Gasteiger partial charge in [0.15, 0.2) is 12.4 Å². The molecule has 0 unspecified atom stereocenters. The summed E-state index contributed by atoms with van der Waals surface area (Å²) in [4.78, 5) is 44.0. The molecular formula is C26H27N3O4. The minimum atomic E-state index is -0.563. The fraction of sp³-hybridized carbons (Fsp3) is 0.308. The predicted octanol–water partition coefficient (Wildman–Crippen LogP) is 4.61. The van der Waals surface area contributed by atoms with E-state index in [2.05, 4.69) is 10.2 Å². The standard InChI is InChI=1S/C26H27N3O4/c1-2-7-24(31)27-20-12-10-18(11-13-20)23(30)17-33-26(32)21-16-19-8-3-4-9-22(19)28-25(21)29-14-5-6-15-29/h3-4,8-13,16H,2,5-7,14-15,17H2,1H3,(H,27,31). The van der Waals surface area contributed by atoms with Crippen LogP contribution in [0.25, 0.3) is 10.9 Å². The van der Waals surface area contributed by atoms with Crippen LogP contribution >= 0.6 is 0 Å². The van der Waals surface area contributed by atoms with E-state index >= 15 is 0 Å². The van der Waals surface area contributed by atoms with Crippen molar-refractivity contribution < 1.29 is 19.1 Å². The lowest BCUT2D eigenvalue weighted by Gasteiger charge is -2.20. The van der Waals surface area contributed by atoms with E-state index in [1.807, 2.05) is 31.2 Å². The maximum absolute atomic E-state index is 13.0. The van der Waals surface area contributed by atoms with Crippen molar-refractivity contribution in [3.05, 3.63) is 65.7 Å². The Morgan fingerprint density at radius 1 is 1.03 bits per heavy atom. The van der Waals surface area contributed by atoms with Gasteiger partial charge in [-0.3, -0.25) is 9.59 Å². The van der Waals surface area contributed by atoms with E-state index in [0.29, 0.717) is 29.1 Å². The SMILES string of the molecule is CCCC(=O)Nc1ccc(C(=O)COC(=O)c2cc3ccccc3nc2N2CCCC2)cc1. The first-order valence-corrected chi connectivity index (χ1v) is 11.3. The Morgan fingerprint density at radius 2 is 1.76 bits per heavy atom. The second kappa shape index (κ2) is 10.3. The zero-order chi connectivity index (χ0) is 23.2. The Labute approximate surface area is 192 Å². The summed E-state index contributed by atoms with van der Waals surface area (Å²) in [5.74, 6) is -0.336. The van der Waals surface area contributed by atoms with Crippen molar-refractivity contribution in [2.75, 3.05) is 29.9 Å². The first kappa shape index (κ1) is 22.5. The molecule has 1 amide bonds. The Kier molecular flexibility index (Phi) is 6.98. The Balaban J connectivity index is 1.45. The van der Waals surface area contributed by atoms with Crippen molar-refractivity contribution in [3.63, 3.8) is 0 Å². The summed E-state index contributed by atoms with van der Waals surface area (Å²) in [6, 6.07) is 16.0. The quantitative estimate of drug-likeness (QED) is 0.402. The van der Waals surface area contributed by atoms with E-state index in [0.717, 1.165) is 43.3 Å². The molecule has 1 aromatic heterocycles. The number of Topliss-reactive ketones (excluding diaryl/α,β-unsaturated/α-hetero) is 1. The number of pyridine rings is 1. The summed E-state index contributed by atoms with van der Waals surface area (Å²) in [6.45, 7) is 3.24. The third-order valence-corrected chi connectivity index (χ3v) is 5.63. The number of anilines is 2. The molecule has 1 saturated heterocycles. The summed E-state index contributed by atoms with van der Waals surface area (Å²) in [6.07, 6.45) is 3.31. The van der Waals surface area contributed by atoms with E-state index in [4.69, 9.17) is 9.72 Å². The molecule has 1 aliphatic heterocycles. The number of nitrogens with zero attached hydrogens (tertiary/aromatic N) is 2. The molecule has 2 heterocycles. The number of amides is 1. The van der Waals surface area contributed by atoms with Gasteiger partial charge in [0, 0.05) is 36.1 Å². The third-order valence-electron chi connectivity index (χ3n) is 5.63. The van der Waals surface area contributed by atoms with Gasteiger partial charge in [0.2, 0.25) is 5.91 Å². The molecule has 7 nitrogen and oxygen atoms in total. The molecule has 1 aliphatic rings. The van der Waals surface area contributed by atoms with Crippen molar-refractivity contribution in [1.82, 2.24) is 4.98 Å². The predicted molar refractivity (Wildman–Crippen MR) is 128 cm³/mol. The first-order valence-electron chi connectivity index (χ1n) is 11.3. The van der Waals surface area contributed by atoms with E-state index in [-0.39, 0.29) is 18.3 Å². The van der Waals surface area contributed by atoms with Crippen LogP contribution in [-0.2, 0) is 9.53 Å². The monoisotopic (exact) mass is 445 g/mol. The number of ketones is 1. The number of carbonyl (C=O) groups excluding carboxylic acids is 3. The van der Waals surface area contributed by atoms with Crippen LogP contribution in [0.5, 0.6) is 0 Å². The molecule has 7 heteroatoms. The number of carbonyl (C=O) groups is 3. The molecule has 0 aliphatic carbocycles. The van der Waals surface area contributed by atoms with Crippen molar-refractivity contribution in [1.29, 1.82) is 0 Å². The molecule has 0 spiro atoms. The summed E-state index contributed by atoms with van der Waals surface area (Å²) >= 11 is 0. The number of esters is 1. The van der Waals surface area contributed by atoms with Gasteiger partial charge in [-0.15, -0.1) is 0 Å². The van der Waals surface area contributed by atoms with Gasteiger partial charge >= 0.3 is 5.97 Å². The fourth-order valence-corrected chi connectivity index (χ4v) is 3.91. The number of ether oxygens (including phenoxy) is 1. The molecule has 2 aromatic carbocycles. The van der Waals surface area contributed by atoms with E-state index < -0.39 is 5.97 Å². The Morgan fingerprint density at radius 3 is 2.48 bits per heavy atom. The molecule has 33 heavy (non-hydrogen) atoms. The van der Waals surface area contributed by atoms with Gasteiger partial charge in [0.1, 0.15) is 11.4 Å². The van der Waals surface area contributed by atoms with Crippen LogP contribution < -0.4 is 10.2 Å². The highest BCUT2D eigenvalue weighted by Gasteiger charge is 2.23. The average Bonchev–Trinajstić information content (AvgIpc) is 3.37. The minimum Gasteiger partial charge on any atom is -0.454 e. The molecule has 4 rings (SSSR count). The van der Waals surface area contributed by atoms with Crippen LogP contribution in [0.4, 0.5) is 11.5 Å². The van der Waals surface area contributed by atoms with Gasteiger partial charge in [-0.05, 0) is 55.7 Å². The molecule has 0 atom stereocenters. The number of aromatic nitrogens is 1. The lowest BCUT2D eigenvalue weighted by Crippen LogP contribution is -2.23.